The molecule has 0 aliphatic rings. The molecular weight excluding hydrogens is 298 g/mol. The normalized spacial score (nSPS) is 9.83. The molecule has 0 aliphatic carbocycles. The van der Waals surface area contributed by atoms with Crippen LogP contribution >= 0.6 is 0 Å². The molecule has 0 saturated heterocycles. The zero-order valence-electron chi connectivity index (χ0n) is 13.9. The van der Waals surface area contributed by atoms with Gasteiger partial charge in [0, 0.05) is 19.2 Å². The standard InChI is InChI=1S/C21H23NO2/c1-4-14-22(15-5-2)20-17-19(12-13-21(20)23-16-6-3)24-18-10-8-7-9-11-18/h4-13,17H,1-3,14-16H2. The minimum Gasteiger partial charge on any atom is -0.487 e. The van der Waals surface area contributed by atoms with E-state index < -0.39 is 0 Å². The first kappa shape index (κ1) is 17.4. The maximum Gasteiger partial charge on any atom is 0.143 e. The lowest BCUT2D eigenvalue weighted by molar-refractivity contribution is 0.362. The topological polar surface area (TPSA) is 21.7 Å². The monoisotopic (exact) mass is 321 g/mol. The van der Waals surface area contributed by atoms with Gasteiger partial charge in [-0.05, 0) is 24.3 Å². The van der Waals surface area contributed by atoms with Crippen molar-refractivity contribution in [1.82, 2.24) is 0 Å². The van der Waals surface area contributed by atoms with Crippen molar-refractivity contribution in [2.45, 2.75) is 0 Å². The van der Waals surface area contributed by atoms with Crippen LogP contribution in [-0.4, -0.2) is 19.7 Å². The zero-order valence-corrected chi connectivity index (χ0v) is 13.9. The van der Waals surface area contributed by atoms with Crippen LogP contribution in [-0.2, 0) is 0 Å². The van der Waals surface area contributed by atoms with Crippen molar-refractivity contribution in [3.05, 3.63) is 86.5 Å². The lowest BCUT2D eigenvalue weighted by atomic mass is 10.2. The van der Waals surface area contributed by atoms with Gasteiger partial charge < -0.3 is 14.4 Å². The molecule has 0 aromatic heterocycles. The van der Waals surface area contributed by atoms with Gasteiger partial charge in [-0.2, -0.15) is 0 Å². The Morgan fingerprint density at radius 3 is 2.17 bits per heavy atom. The molecule has 2 rings (SSSR count). The molecule has 0 amide bonds. The summed E-state index contributed by atoms with van der Waals surface area (Å²) in [7, 11) is 0. The molecule has 2 aromatic carbocycles. The number of nitrogens with zero attached hydrogens (tertiary/aromatic N) is 1. The molecule has 0 aliphatic heterocycles. The molecule has 0 saturated carbocycles. The van der Waals surface area contributed by atoms with E-state index in [0.29, 0.717) is 19.7 Å². The quantitative estimate of drug-likeness (QED) is 0.560. The van der Waals surface area contributed by atoms with E-state index in [0.717, 1.165) is 22.9 Å². The Morgan fingerprint density at radius 2 is 1.54 bits per heavy atom. The summed E-state index contributed by atoms with van der Waals surface area (Å²) in [5, 5.41) is 0. The summed E-state index contributed by atoms with van der Waals surface area (Å²) in [4.78, 5) is 2.12. The third-order valence-corrected chi connectivity index (χ3v) is 3.31. The van der Waals surface area contributed by atoms with Gasteiger partial charge in [-0.15, -0.1) is 13.2 Å². The van der Waals surface area contributed by atoms with Crippen molar-refractivity contribution in [2.75, 3.05) is 24.6 Å². The third kappa shape index (κ3) is 4.78. The average Bonchev–Trinajstić information content (AvgIpc) is 2.61. The Kier molecular flexibility index (Phi) is 6.72. The van der Waals surface area contributed by atoms with Crippen molar-refractivity contribution in [2.24, 2.45) is 0 Å². The second-order valence-electron chi connectivity index (χ2n) is 5.13. The highest BCUT2D eigenvalue weighted by molar-refractivity contribution is 5.62. The third-order valence-electron chi connectivity index (χ3n) is 3.31. The molecule has 0 bridgehead atoms. The first-order valence-electron chi connectivity index (χ1n) is 7.86. The van der Waals surface area contributed by atoms with E-state index in [-0.39, 0.29) is 0 Å². The minimum absolute atomic E-state index is 0.446. The van der Waals surface area contributed by atoms with Crippen molar-refractivity contribution in [3.8, 4) is 17.2 Å². The summed E-state index contributed by atoms with van der Waals surface area (Å²) in [6, 6.07) is 15.5. The first-order valence-corrected chi connectivity index (χ1v) is 7.86. The number of para-hydroxylation sites is 1. The Balaban J connectivity index is 2.33. The highest BCUT2D eigenvalue weighted by Crippen LogP contribution is 2.34. The van der Waals surface area contributed by atoms with Gasteiger partial charge in [0.05, 0.1) is 5.69 Å². The highest BCUT2D eigenvalue weighted by atomic mass is 16.5. The van der Waals surface area contributed by atoms with Gasteiger partial charge in [-0.3, -0.25) is 0 Å². The van der Waals surface area contributed by atoms with Crippen LogP contribution in [0.3, 0.4) is 0 Å². The van der Waals surface area contributed by atoms with Crippen molar-refractivity contribution < 1.29 is 9.47 Å². The number of rotatable bonds is 10. The molecule has 3 nitrogen and oxygen atoms in total. The maximum absolute atomic E-state index is 5.93. The molecule has 24 heavy (non-hydrogen) atoms. The second kappa shape index (κ2) is 9.26. The van der Waals surface area contributed by atoms with Crippen LogP contribution in [0, 0.1) is 0 Å². The lowest BCUT2D eigenvalue weighted by Gasteiger charge is -2.25. The second-order valence-corrected chi connectivity index (χ2v) is 5.13. The molecule has 0 N–H and O–H groups in total. The summed E-state index contributed by atoms with van der Waals surface area (Å²) in [5.74, 6) is 2.32. The van der Waals surface area contributed by atoms with Crippen LogP contribution in [0.2, 0.25) is 0 Å². The number of hydrogen-bond acceptors (Lipinski definition) is 3. The molecule has 0 atom stereocenters. The molecule has 0 spiro atoms. The van der Waals surface area contributed by atoms with Crippen LogP contribution in [0.4, 0.5) is 5.69 Å². The Bertz CT molecular complexity index is 669. The number of hydrogen-bond donors (Lipinski definition) is 0. The largest absolute Gasteiger partial charge is 0.487 e. The van der Waals surface area contributed by atoms with E-state index in [9.17, 15) is 0 Å². The predicted octanol–water partition coefficient (Wildman–Crippen LogP) is 5.22. The van der Waals surface area contributed by atoms with Crippen molar-refractivity contribution in [1.29, 1.82) is 0 Å². The maximum atomic E-state index is 5.93. The summed E-state index contributed by atoms with van der Waals surface area (Å²) < 4.78 is 11.7. The van der Waals surface area contributed by atoms with Gasteiger partial charge >= 0.3 is 0 Å². The lowest BCUT2D eigenvalue weighted by Crippen LogP contribution is -2.23. The van der Waals surface area contributed by atoms with Crippen LogP contribution in [0.5, 0.6) is 17.2 Å². The van der Waals surface area contributed by atoms with E-state index in [2.05, 4.69) is 24.6 Å². The van der Waals surface area contributed by atoms with Gasteiger partial charge in [-0.1, -0.05) is 43.0 Å². The van der Waals surface area contributed by atoms with E-state index in [1.165, 1.54) is 0 Å². The van der Waals surface area contributed by atoms with E-state index in [4.69, 9.17) is 9.47 Å². The molecule has 3 heteroatoms. The Hall–Kier alpha value is -2.94. The molecule has 0 heterocycles. The van der Waals surface area contributed by atoms with Crippen LogP contribution in [0.1, 0.15) is 0 Å². The number of benzene rings is 2. The molecule has 124 valence electrons. The molecular formula is C21H23NO2. The Labute approximate surface area is 144 Å². The minimum atomic E-state index is 0.446. The van der Waals surface area contributed by atoms with Gasteiger partial charge in [-0.25, -0.2) is 0 Å². The van der Waals surface area contributed by atoms with Crippen LogP contribution in [0.15, 0.2) is 86.5 Å². The highest BCUT2D eigenvalue weighted by Gasteiger charge is 2.12. The molecule has 2 aromatic rings. The summed E-state index contributed by atoms with van der Waals surface area (Å²) in [5.41, 5.74) is 0.935. The van der Waals surface area contributed by atoms with Crippen molar-refractivity contribution >= 4 is 5.69 Å². The first-order chi connectivity index (χ1) is 11.8. The van der Waals surface area contributed by atoms with Crippen LogP contribution < -0.4 is 14.4 Å². The fourth-order valence-corrected chi connectivity index (χ4v) is 2.29. The smallest absolute Gasteiger partial charge is 0.143 e. The molecule has 0 unspecified atom stereocenters. The SMILES string of the molecule is C=CCOc1ccc(Oc2ccccc2)cc1N(CC=C)CC=C. The van der Waals surface area contributed by atoms with E-state index in [1.54, 1.807) is 6.08 Å². The summed E-state index contributed by atoms with van der Waals surface area (Å²) in [6.45, 7) is 13.2. The van der Waals surface area contributed by atoms with E-state index in [1.807, 2.05) is 60.7 Å². The summed E-state index contributed by atoms with van der Waals surface area (Å²) >= 11 is 0. The fourth-order valence-electron chi connectivity index (χ4n) is 2.29. The fraction of sp³-hybridized carbons (Fsp3) is 0.143. The van der Waals surface area contributed by atoms with Crippen LogP contribution in [0.25, 0.3) is 0 Å². The van der Waals surface area contributed by atoms with Gasteiger partial charge in [0.2, 0.25) is 0 Å². The van der Waals surface area contributed by atoms with Crippen molar-refractivity contribution in [3.63, 3.8) is 0 Å². The Morgan fingerprint density at radius 1 is 0.833 bits per heavy atom. The predicted molar refractivity (Wildman–Crippen MR) is 101 cm³/mol. The van der Waals surface area contributed by atoms with Gasteiger partial charge in [0.15, 0.2) is 0 Å². The molecule has 0 fully saturated rings. The van der Waals surface area contributed by atoms with E-state index >= 15 is 0 Å². The average molecular weight is 321 g/mol. The zero-order chi connectivity index (χ0) is 17.2. The number of anilines is 1. The van der Waals surface area contributed by atoms with Gasteiger partial charge in [0.25, 0.3) is 0 Å². The summed E-state index contributed by atoms with van der Waals surface area (Å²) in [6.07, 6.45) is 5.43. The van der Waals surface area contributed by atoms with Gasteiger partial charge in [0.1, 0.15) is 23.9 Å². The molecule has 0 radical (unpaired) electrons. The number of ether oxygens (including phenoxy) is 2.